The smallest absolute Gasteiger partial charge is 0.410 e. The molecule has 0 radical (unpaired) electrons. The minimum Gasteiger partial charge on any atom is -0.444 e. The summed E-state index contributed by atoms with van der Waals surface area (Å²) in [5.41, 5.74) is -0.425. The molecule has 0 aromatic heterocycles. The van der Waals surface area contributed by atoms with Gasteiger partial charge in [-0.3, -0.25) is 0 Å². The molecule has 0 aliphatic carbocycles. The monoisotopic (exact) mass is 272 g/mol. The number of ether oxygens (including phenoxy) is 2. The molecule has 5 heteroatoms. The molecule has 1 fully saturated rings. The highest BCUT2D eigenvalue weighted by atomic mass is 16.6. The maximum Gasteiger partial charge on any atom is 0.410 e. The highest BCUT2D eigenvalue weighted by molar-refractivity contribution is 5.67. The molecule has 0 spiro atoms. The van der Waals surface area contributed by atoms with Gasteiger partial charge in [0.15, 0.2) is 0 Å². The Balaban J connectivity index is 2.03. The number of nitrogens with zero attached hydrogens (tertiary/aromatic N) is 1. The molecule has 1 heterocycles. The first-order chi connectivity index (χ1) is 8.88. The molecule has 1 aliphatic heterocycles. The fraction of sp³-hybridized carbons (Fsp3) is 0.929. The molecular weight excluding hydrogens is 244 g/mol. The Kier molecular flexibility index (Phi) is 6.58. The summed E-state index contributed by atoms with van der Waals surface area (Å²) >= 11 is 0. The molecule has 19 heavy (non-hydrogen) atoms. The van der Waals surface area contributed by atoms with Crippen LogP contribution < -0.4 is 5.32 Å². The maximum absolute atomic E-state index is 11.7. The molecule has 1 saturated heterocycles. The second kappa shape index (κ2) is 7.70. The van der Waals surface area contributed by atoms with Crippen LogP contribution in [-0.4, -0.2) is 56.5 Å². The summed E-state index contributed by atoms with van der Waals surface area (Å²) in [6, 6.07) is 0. The predicted octanol–water partition coefficient (Wildman–Crippen LogP) is 1.87. The molecular formula is C14H28N2O3. The van der Waals surface area contributed by atoms with Crippen LogP contribution in [0.3, 0.4) is 0 Å². The van der Waals surface area contributed by atoms with Crippen LogP contribution in [0.15, 0.2) is 0 Å². The van der Waals surface area contributed by atoms with Gasteiger partial charge in [-0.05, 0) is 46.1 Å². The van der Waals surface area contributed by atoms with Gasteiger partial charge >= 0.3 is 6.09 Å². The van der Waals surface area contributed by atoms with Gasteiger partial charge < -0.3 is 19.7 Å². The number of carbonyl (C=O) groups is 1. The van der Waals surface area contributed by atoms with E-state index in [0.29, 0.717) is 12.5 Å². The average molecular weight is 272 g/mol. The third-order valence-electron chi connectivity index (χ3n) is 3.01. The lowest BCUT2D eigenvalue weighted by atomic mass is 10.1. The first-order valence-electron chi connectivity index (χ1n) is 7.11. The number of amides is 1. The minimum absolute atomic E-state index is 0.253. The summed E-state index contributed by atoms with van der Waals surface area (Å²) in [5, 5.41) is 3.41. The highest BCUT2D eigenvalue weighted by Gasteiger charge is 2.19. The Labute approximate surface area is 116 Å². The van der Waals surface area contributed by atoms with E-state index >= 15 is 0 Å². The third kappa shape index (κ3) is 7.38. The summed E-state index contributed by atoms with van der Waals surface area (Å²) in [4.78, 5) is 13.3. The molecule has 1 rings (SSSR count). The van der Waals surface area contributed by atoms with Gasteiger partial charge in [0.25, 0.3) is 0 Å². The van der Waals surface area contributed by atoms with Gasteiger partial charge in [-0.25, -0.2) is 4.79 Å². The van der Waals surface area contributed by atoms with E-state index in [4.69, 9.17) is 9.47 Å². The van der Waals surface area contributed by atoms with Crippen LogP contribution in [-0.2, 0) is 9.47 Å². The van der Waals surface area contributed by atoms with Crippen molar-refractivity contribution in [1.29, 1.82) is 0 Å². The quantitative estimate of drug-likeness (QED) is 0.750. The summed E-state index contributed by atoms with van der Waals surface area (Å²) < 4.78 is 10.6. The van der Waals surface area contributed by atoms with E-state index in [1.807, 2.05) is 20.8 Å². The fourth-order valence-corrected chi connectivity index (χ4v) is 1.92. The van der Waals surface area contributed by atoms with E-state index in [2.05, 4.69) is 5.32 Å². The molecule has 0 aromatic rings. The Hall–Kier alpha value is -0.810. The van der Waals surface area contributed by atoms with Crippen molar-refractivity contribution in [3.8, 4) is 0 Å². The van der Waals surface area contributed by atoms with Gasteiger partial charge in [0.05, 0.1) is 6.61 Å². The molecule has 1 amide bonds. The summed E-state index contributed by atoms with van der Waals surface area (Å²) in [6.07, 6.45) is 1.84. The largest absolute Gasteiger partial charge is 0.444 e. The number of nitrogens with one attached hydrogen (secondary N) is 1. The molecule has 0 bridgehead atoms. The van der Waals surface area contributed by atoms with Crippen LogP contribution in [0, 0.1) is 5.92 Å². The Morgan fingerprint density at radius 3 is 2.79 bits per heavy atom. The lowest BCUT2D eigenvalue weighted by Crippen LogP contribution is -2.35. The number of rotatable bonds is 6. The van der Waals surface area contributed by atoms with E-state index in [9.17, 15) is 4.79 Å². The highest BCUT2D eigenvalue weighted by Crippen LogP contribution is 2.11. The van der Waals surface area contributed by atoms with E-state index in [1.54, 1.807) is 11.9 Å². The molecule has 1 atom stereocenters. The second-order valence-corrected chi connectivity index (χ2v) is 6.19. The van der Waals surface area contributed by atoms with Crippen molar-refractivity contribution in [2.24, 2.45) is 5.92 Å². The Morgan fingerprint density at radius 2 is 2.21 bits per heavy atom. The second-order valence-electron chi connectivity index (χ2n) is 6.19. The average Bonchev–Trinajstić information content (AvgIpc) is 2.79. The van der Waals surface area contributed by atoms with Gasteiger partial charge in [0.2, 0.25) is 0 Å². The molecule has 1 N–H and O–H groups in total. The van der Waals surface area contributed by atoms with Crippen LogP contribution in [0.4, 0.5) is 4.79 Å². The zero-order chi connectivity index (χ0) is 14.3. The van der Waals surface area contributed by atoms with Gasteiger partial charge in [0.1, 0.15) is 5.60 Å². The van der Waals surface area contributed by atoms with E-state index in [-0.39, 0.29) is 6.09 Å². The van der Waals surface area contributed by atoms with Gasteiger partial charge in [-0.1, -0.05) is 0 Å². The van der Waals surface area contributed by atoms with Gasteiger partial charge in [0, 0.05) is 26.7 Å². The predicted molar refractivity (Wildman–Crippen MR) is 75.3 cm³/mol. The van der Waals surface area contributed by atoms with Gasteiger partial charge in [-0.15, -0.1) is 0 Å². The van der Waals surface area contributed by atoms with Crippen LogP contribution in [0.2, 0.25) is 0 Å². The van der Waals surface area contributed by atoms with E-state index < -0.39 is 5.60 Å². The van der Waals surface area contributed by atoms with Crippen molar-refractivity contribution in [3.05, 3.63) is 0 Å². The summed E-state index contributed by atoms with van der Waals surface area (Å²) in [5.74, 6) is 0.656. The normalized spacial score (nSPS) is 19.5. The minimum atomic E-state index is -0.425. The van der Waals surface area contributed by atoms with Crippen molar-refractivity contribution in [1.82, 2.24) is 10.2 Å². The van der Waals surface area contributed by atoms with Gasteiger partial charge in [-0.2, -0.15) is 0 Å². The van der Waals surface area contributed by atoms with Crippen molar-refractivity contribution in [3.63, 3.8) is 0 Å². The van der Waals surface area contributed by atoms with Crippen molar-refractivity contribution in [2.45, 2.75) is 39.2 Å². The molecule has 5 nitrogen and oxygen atoms in total. The molecule has 1 unspecified atom stereocenters. The standard InChI is InChI=1S/C14H28N2O3/c1-14(2,3)19-13(17)16(4)8-5-7-15-10-12-6-9-18-11-12/h12,15H,5-11H2,1-4H3. The first kappa shape index (κ1) is 16.2. The molecule has 112 valence electrons. The third-order valence-corrected chi connectivity index (χ3v) is 3.01. The number of carbonyl (C=O) groups excluding carboxylic acids is 1. The SMILES string of the molecule is CN(CCCNCC1CCOC1)C(=O)OC(C)(C)C. The van der Waals surface area contributed by atoms with Crippen LogP contribution >= 0.6 is 0 Å². The summed E-state index contributed by atoms with van der Waals surface area (Å²) in [7, 11) is 1.78. The first-order valence-corrected chi connectivity index (χ1v) is 7.11. The van der Waals surface area contributed by atoms with Crippen molar-refractivity contribution < 1.29 is 14.3 Å². The van der Waals surface area contributed by atoms with E-state index in [1.165, 1.54) is 0 Å². The lowest BCUT2D eigenvalue weighted by Gasteiger charge is -2.24. The lowest BCUT2D eigenvalue weighted by molar-refractivity contribution is 0.0297. The van der Waals surface area contributed by atoms with Crippen molar-refractivity contribution in [2.75, 3.05) is 39.9 Å². The topological polar surface area (TPSA) is 50.8 Å². The van der Waals surface area contributed by atoms with Crippen molar-refractivity contribution >= 4 is 6.09 Å². The summed E-state index contributed by atoms with van der Waals surface area (Å²) in [6.45, 7) is 10.1. The maximum atomic E-state index is 11.7. The Morgan fingerprint density at radius 1 is 1.47 bits per heavy atom. The molecule has 0 saturated carbocycles. The zero-order valence-corrected chi connectivity index (χ0v) is 12.7. The van der Waals surface area contributed by atoms with E-state index in [0.717, 1.165) is 39.1 Å². The molecule has 1 aliphatic rings. The zero-order valence-electron chi connectivity index (χ0n) is 12.7. The van der Waals surface area contributed by atoms with Crippen LogP contribution in [0.25, 0.3) is 0 Å². The number of hydrogen-bond donors (Lipinski definition) is 1. The van der Waals surface area contributed by atoms with Crippen LogP contribution in [0.5, 0.6) is 0 Å². The fourth-order valence-electron chi connectivity index (χ4n) is 1.92. The number of hydrogen-bond acceptors (Lipinski definition) is 4. The van der Waals surface area contributed by atoms with Crippen LogP contribution in [0.1, 0.15) is 33.6 Å². The molecule has 0 aromatic carbocycles. The Bertz CT molecular complexity index is 270.